The van der Waals surface area contributed by atoms with Gasteiger partial charge < -0.3 is 10.3 Å². The molecule has 0 aliphatic rings. The fourth-order valence-corrected chi connectivity index (χ4v) is 3.36. The van der Waals surface area contributed by atoms with E-state index in [1.54, 1.807) is 6.20 Å². The highest BCUT2D eigenvalue weighted by molar-refractivity contribution is 9.10. The topological polar surface area (TPSA) is 57.8 Å². The van der Waals surface area contributed by atoms with Gasteiger partial charge in [-0.3, -0.25) is 4.79 Å². The lowest BCUT2D eigenvalue weighted by Gasteiger charge is -2.12. The number of thioether (sulfide) groups is 1. The molecule has 0 unspecified atom stereocenters. The van der Waals surface area contributed by atoms with Gasteiger partial charge in [-0.2, -0.15) is 0 Å². The molecule has 0 radical (unpaired) electrons. The Hall–Kier alpha value is -2.05. The Morgan fingerprint density at radius 3 is 2.64 bits per heavy atom. The molecule has 1 aromatic heterocycles. The molecule has 1 amide bonds. The first-order chi connectivity index (χ1) is 12.0. The summed E-state index contributed by atoms with van der Waals surface area (Å²) in [7, 11) is 0. The Morgan fingerprint density at radius 2 is 1.92 bits per heavy atom. The summed E-state index contributed by atoms with van der Waals surface area (Å²) >= 11 is 4.84. The fraction of sp³-hybridized carbons (Fsp3) is 0.158. The van der Waals surface area contributed by atoms with Crippen molar-refractivity contribution in [2.75, 3.05) is 5.32 Å². The molecule has 0 spiro atoms. The number of aryl methyl sites for hydroxylation is 1. The summed E-state index contributed by atoms with van der Waals surface area (Å²) in [5, 5.41) is 3.43. The van der Waals surface area contributed by atoms with Gasteiger partial charge in [-0.1, -0.05) is 58.0 Å². The van der Waals surface area contributed by atoms with Crippen LogP contribution in [0.2, 0.25) is 0 Å². The quantitative estimate of drug-likeness (QED) is 0.558. The number of hydrogen-bond donors (Lipinski definition) is 2. The zero-order chi connectivity index (χ0) is 17.8. The number of carbonyl (C=O) groups is 1. The molecule has 0 aliphatic heterocycles. The Balaban J connectivity index is 1.65. The van der Waals surface area contributed by atoms with Crippen molar-refractivity contribution in [3.63, 3.8) is 0 Å². The van der Waals surface area contributed by atoms with Gasteiger partial charge in [0.1, 0.15) is 0 Å². The van der Waals surface area contributed by atoms with Crippen LogP contribution in [0.3, 0.4) is 0 Å². The molecule has 1 heterocycles. The van der Waals surface area contributed by atoms with E-state index in [1.807, 2.05) is 62.4 Å². The second-order valence-corrected chi connectivity index (χ2v) is 7.92. The highest BCUT2D eigenvalue weighted by Crippen LogP contribution is 2.26. The van der Waals surface area contributed by atoms with E-state index in [1.165, 1.54) is 11.8 Å². The largest absolute Gasteiger partial charge is 0.333 e. The standard InChI is InChI=1S/C19H18BrN3OS/c1-12-5-3-4-6-16(12)22-18(24)13(2)25-19-21-11-17(23-19)14-7-9-15(20)10-8-14/h3-11,13H,1-2H3,(H,21,23)(H,22,24)/t13-/m0/s1. The summed E-state index contributed by atoms with van der Waals surface area (Å²) in [6, 6.07) is 15.8. The van der Waals surface area contributed by atoms with Crippen LogP contribution in [-0.2, 0) is 4.79 Å². The molecule has 128 valence electrons. The molecule has 25 heavy (non-hydrogen) atoms. The molecule has 0 saturated carbocycles. The molecule has 4 nitrogen and oxygen atoms in total. The summed E-state index contributed by atoms with van der Waals surface area (Å²) in [6.07, 6.45) is 1.79. The number of para-hydroxylation sites is 1. The van der Waals surface area contributed by atoms with Crippen molar-refractivity contribution >= 4 is 39.3 Å². The second kappa shape index (κ2) is 7.89. The van der Waals surface area contributed by atoms with Crippen molar-refractivity contribution < 1.29 is 4.79 Å². The van der Waals surface area contributed by atoms with Crippen LogP contribution in [0.25, 0.3) is 11.3 Å². The molecule has 0 saturated heterocycles. The van der Waals surface area contributed by atoms with Crippen LogP contribution >= 0.6 is 27.7 Å². The van der Waals surface area contributed by atoms with Gasteiger partial charge in [0.2, 0.25) is 5.91 Å². The number of halogens is 1. The van der Waals surface area contributed by atoms with E-state index in [0.29, 0.717) is 0 Å². The van der Waals surface area contributed by atoms with Crippen LogP contribution in [-0.4, -0.2) is 21.1 Å². The van der Waals surface area contributed by atoms with Crippen LogP contribution in [0.1, 0.15) is 12.5 Å². The van der Waals surface area contributed by atoms with Gasteiger partial charge in [-0.25, -0.2) is 4.98 Å². The van der Waals surface area contributed by atoms with Gasteiger partial charge in [0.15, 0.2) is 5.16 Å². The minimum atomic E-state index is -0.261. The molecule has 1 atom stereocenters. The number of carbonyl (C=O) groups excluding carboxylic acids is 1. The summed E-state index contributed by atoms with van der Waals surface area (Å²) in [6.45, 7) is 3.85. The van der Waals surface area contributed by atoms with E-state index in [2.05, 4.69) is 31.2 Å². The van der Waals surface area contributed by atoms with Crippen LogP contribution in [0, 0.1) is 6.92 Å². The molecule has 2 aromatic carbocycles. The van der Waals surface area contributed by atoms with E-state index in [-0.39, 0.29) is 11.2 Å². The van der Waals surface area contributed by atoms with E-state index < -0.39 is 0 Å². The summed E-state index contributed by atoms with van der Waals surface area (Å²) < 4.78 is 1.03. The Bertz CT molecular complexity index is 876. The molecule has 3 aromatic rings. The van der Waals surface area contributed by atoms with Crippen molar-refractivity contribution in [2.45, 2.75) is 24.3 Å². The zero-order valence-electron chi connectivity index (χ0n) is 13.9. The van der Waals surface area contributed by atoms with E-state index >= 15 is 0 Å². The number of hydrogen-bond acceptors (Lipinski definition) is 3. The van der Waals surface area contributed by atoms with Crippen molar-refractivity contribution in [2.24, 2.45) is 0 Å². The Kier molecular flexibility index (Phi) is 5.60. The number of nitrogens with zero attached hydrogens (tertiary/aromatic N) is 1. The van der Waals surface area contributed by atoms with Gasteiger partial charge in [0.05, 0.1) is 17.1 Å². The first kappa shape index (κ1) is 17.8. The van der Waals surface area contributed by atoms with Crippen molar-refractivity contribution in [3.05, 3.63) is 64.8 Å². The fourth-order valence-electron chi connectivity index (χ4n) is 2.31. The third-order valence-electron chi connectivity index (χ3n) is 3.77. The maximum absolute atomic E-state index is 12.4. The van der Waals surface area contributed by atoms with E-state index in [4.69, 9.17) is 0 Å². The summed E-state index contributed by atoms with van der Waals surface area (Å²) in [5.74, 6) is -0.0408. The minimum Gasteiger partial charge on any atom is -0.333 e. The lowest BCUT2D eigenvalue weighted by atomic mass is 10.2. The molecule has 3 rings (SSSR count). The number of imidazole rings is 1. The smallest absolute Gasteiger partial charge is 0.237 e. The number of aromatic amines is 1. The maximum Gasteiger partial charge on any atom is 0.237 e. The average Bonchev–Trinajstić information content (AvgIpc) is 3.06. The average molecular weight is 416 g/mol. The van der Waals surface area contributed by atoms with Crippen LogP contribution in [0.15, 0.2) is 64.4 Å². The van der Waals surface area contributed by atoms with Gasteiger partial charge in [0.25, 0.3) is 0 Å². The van der Waals surface area contributed by atoms with Crippen molar-refractivity contribution in [1.29, 1.82) is 0 Å². The number of aromatic nitrogens is 2. The highest BCUT2D eigenvalue weighted by Gasteiger charge is 2.17. The number of nitrogens with one attached hydrogen (secondary N) is 2. The number of benzene rings is 2. The van der Waals surface area contributed by atoms with Crippen molar-refractivity contribution in [3.8, 4) is 11.3 Å². The third-order valence-corrected chi connectivity index (χ3v) is 5.30. The number of H-pyrrole nitrogens is 1. The number of rotatable bonds is 5. The molecule has 6 heteroatoms. The van der Waals surface area contributed by atoms with E-state index in [0.717, 1.165) is 32.1 Å². The molecule has 2 N–H and O–H groups in total. The van der Waals surface area contributed by atoms with Crippen LogP contribution in [0.5, 0.6) is 0 Å². The van der Waals surface area contributed by atoms with Crippen LogP contribution in [0.4, 0.5) is 5.69 Å². The first-order valence-corrected chi connectivity index (χ1v) is 9.54. The van der Waals surface area contributed by atoms with Gasteiger partial charge >= 0.3 is 0 Å². The SMILES string of the molecule is Cc1ccccc1NC(=O)[C@H](C)Sc1ncc(-c2ccc(Br)cc2)[nH]1. The molecule has 0 aliphatic carbocycles. The lowest BCUT2D eigenvalue weighted by Crippen LogP contribution is -2.22. The normalized spacial score (nSPS) is 12.0. The molecule has 0 bridgehead atoms. The third kappa shape index (κ3) is 4.52. The summed E-state index contributed by atoms with van der Waals surface area (Å²) in [5.41, 5.74) is 3.87. The van der Waals surface area contributed by atoms with Crippen LogP contribution < -0.4 is 5.32 Å². The second-order valence-electron chi connectivity index (χ2n) is 5.67. The number of anilines is 1. The molecular weight excluding hydrogens is 398 g/mol. The van der Waals surface area contributed by atoms with Crippen molar-refractivity contribution in [1.82, 2.24) is 9.97 Å². The minimum absolute atomic E-state index is 0.0408. The van der Waals surface area contributed by atoms with Gasteiger partial charge in [-0.15, -0.1) is 0 Å². The zero-order valence-corrected chi connectivity index (χ0v) is 16.3. The highest BCUT2D eigenvalue weighted by atomic mass is 79.9. The van der Waals surface area contributed by atoms with Gasteiger partial charge in [0, 0.05) is 10.2 Å². The summed E-state index contributed by atoms with van der Waals surface area (Å²) in [4.78, 5) is 20.0. The number of amides is 1. The monoisotopic (exact) mass is 415 g/mol. The Labute approximate surface area is 159 Å². The first-order valence-electron chi connectivity index (χ1n) is 7.87. The predicted octanol–water partition coefficient (Wildman–Crippen LogP) is 5.27. The van der Waals surface area contributed by atoms with Gasteiger partial charge in [-0.05, 0) is 43.2 Å². The Morgan fingerprint density at radius 1 is 1.20 bits per heavy atom. The maximum atomic E-state index is 12.4. The predicted molar refractivity (Wildman–Crippen MR) is 107 cm³/mol. The van der Waals surface area contributed by atoms with E-state index in [9.17, 15) is 4.79 Å². The lowest BCUT2D eigenvalue weighted by molar-refractivity contribution is -0.115. The molecule has 0 fully saturated rings. The molecular formula is C19H18BrN3OS.